The summed E-state index contributed by atoms with van der Waals surface area (Å²) in [5, 5.41) is 3.75. The van der Waals surface area contributed by atoms with Crippen LogP contribution in [0.2, 0.25) is 0 Å². The summed E-state index contributed by atoms with van der Waals surface area (Å²) in [6.45, 7) is 6.66. The van der Waals surface area contributed by atoms with Crippen molar-refractivity contribution in [3.05, 3.63) is 47.9 Å². The molecule has 10 heteroatoms. The van der Waals surface area contributed by atoms with E-state index >= 15 is 0 Å². The number of carbonyl (C=O) groups excluding carboxylic acids is 1. The second-order valence-electron chi connectivity index (χ2n) is 6.22. The summed E-state index contributed by atoms with van der Waals surface area (Å²) in [4.78, 5) is 23.5. The number of anilines is 1. The quantitative estimate of drug-likeness (QED) is 0.369. The Kier molecular flexibility index (Phi) is 7.20. The zero-order valence-electron chi connectivity index (χ0n) is 17.2. The molecule has 0 saturated heterocycles. The highest BCUT2D eigenvalue weighted by atomic mass is 31.2. The highest BCUT2D eigenvalue weighted by Crippen LogP contribution is 2.46. The molecule has 1 aromatic carbocycles. The van der Waals surface area contributed by atoms with Gasteiger partial charge in [0.05, 0.1) is 25.1 Å². The summed E-state index contributed by atoms with van der Waals surface area (Å²) in [6.07, 6.45) is 2.96. The van der Waals surface area contributed by atoms with E-state index in [0.29, 0.717) is 47.5 Å². The number of carbonyl (C=O) groups is 1. The maximum atomic E-state index is 12.8. The smallest absolute Gasteiger partial charge is 0.361 e. The molecule has 0 atom stereocenters. The predicted molar refractivity (Wildman–Crippen MR) is 114 cm³/mol. The van der Waals surface area contributed by atoms with Gasteiger partial charge in [-0.05, 0) is 38.5 Å². The largest absolute Gasteiger partial charge is 0.462 e. The molecule has 2 N–H and O–H groups in total. The Bertz CT molecular complexity index is 1040. The molecule has 0 bridgehead atoms. The van der Waals surface area contributed by atoms with Crippen LogP contribution in [0.5, 0.6) is 0 Å². The molecule has 0 aliphatic heterocycles. The zero-order chi connectivity index (χ0) is 21.6. The standard InChI is InChI=1S/C20H25N4O5P/c1-4-27-20(25)16-12-21-18-17(16)23-13-24-19(18)22-11-14-7-9-15(10-8-14)30(26,28-5-2)29-6-3/h7-10,12-13,21H,4-6,11H2,1-3H3,(H,22,23,24). The average Bonchev–Trinajstić information content (AvgIpc) is 3.18. The van der Waals surface area contributed by atoms with E-state index in [1.165, 1.54) is 6.33 Å². The van der Waals surface area contributed by atoms with E-state index in [4.69, 9.17) is 13.8 Å². The van der Waals surface area contributed by atoms with Crippen molar-refractivity contribution in [1.29, 1.82) is 0 Å². The van der Waals surface area contributed by atoms with Crippen LogP contribution in [0, 0.1) is 0 Å². The molecule has 2 aromatic heterocycles. The Morgan fingerprint density at radius 1 is 1.07 bits per heavy atom. The van der Waals surface area contributed by atoms with Crippen LogP contribution in [0.15, 0.2) is 36.8 Å². The van der Waals surface area contributed by atoms with Gasteiger partial charge in [0.15, 0.2) is 5.82 Å². The zero-order valence-corrected chi connectivity index (χ0v) is 18.1. The number of aromatic amines is 1. The van der Waals surface area contributed by atoms with E-state index < -0.39 is 13.6 Å². The van der Waals surface area contributed by atoms with Gasteiger partial charge < -0.3 is 24.1 Å². The molecule has 0 spiro atoms. The maximum Gasteiger partial charge on any atom is 0.361 e. The van der Waals surface area contributed by atoms with Gasteiger partial charge in [0.25, 0.3) is 0 Å². The van der Waals surface area contributed by atoms with E-state index in [9.17, 15) is 9.36 Å². The van der Waals surface area contributed by atoms with Crippen molar-refractivity contribution in [3.63, 3.8) is 0 Å². The van der Waals surface area contributed by atoms with Gasteiger partial charge in [-0.25, -0.2) is 14.8 Å². The molecule has 9 nitrogen and oxygen atoms in total. The van der Waals surface area contributed by atoms with Crippen molar-refractivity contribution in [3.8, 4) is 0 Å². The topological polar surface area (TPSA) is 115 Å². The van der Waals surface area contributed by atoms with E-state index in [1.54, 1.807) is 39.1 Å². The second kappa shape index (κ2) is 9.84. The molecule has 0 radical (unpaired) electrons. The van der Waals surface area contributed by atoms with Gasteiger partial charge >= 0.3 is 13.6 Å². The number of benzene rings is 1. The molecule has 0 amide bonds. The summed E-state index contributed by atoms with van der Waals surface area (Å²) in [7, 11) is -3.30. The van der Waals surface area contributed by atoms with Gasteiger partial charge in [0.2, 0.25) is 0 Å². The third kappa shape index (κ3) is 4.70. The Balaban J connectivity index is 1.75. The Morgan fingerprint density at radius 3 is 2.40 bits per heavy atom. The molecular formula is C20H25N4O5P. The first kappa shape index (κ1) is 22.0. The van der Waals surface area contributed by atoms with Crippen LogP contribution in [0.4, 0.5) is 5.82 Å². The van der Waals surface area contributed by atoms with E-state index in [1.807, 2.05) is 12.1 Å². The SMILES string of the molecule is CCOC(=O)c1c[nH]c2c(NCc3ccc(P(=O)(OCC)OCC)cc3)ncnc12. The van der Waals surface area contributed by atoms with Crippen LogP contribution in [0.3, 0.4) is 0 Å². The van der Waals surface area contributed by atoms with Gasteiger partial charge in [-0.3, -0.25) is 4.57 Å². The summed E-state index contributed by atoms with van der Waals surface area (Å²) in [5.41, 5.74) is 2.43. The Morgan fingerprint density at radius 2 is 1.77 bits per heavy atom. The minimum absolute atomic E-state index is 0.289. The Labute approximate surface area is 174 Å². The molecule has 3 rings (SSSR count). The minimum atomic E-state index is -3.30. The number of fused-ring (bicyclic) bond motifs is 1. The number of H-pyrrole nitrogens is 1. The van der Waals surface area contributed by atoms with Gasteiger partial charge in [-0.15, -0.1) is 0 Å². The lowest BCUT2D eigenvalue weighted by molar-refractivity contribution is 0.0528. The summed E-state index contributed by atoms with van der Waals surface area (Å²) in [5.74, 6) is 0.131. The normalized spacial score (nSPS) is 11.6. The van der Waals surface area contributed by atoms with Gasteiger partial charge in [0.1, 0.15) is 22.9 Å². The molecular weight excluding hydrogens is 407 g/mol. The second-order valence-corrected chi connectivity index (χ2v) is 8.25. The highest BCUT2D eigenvalue weighted by molar-refractivity contribution is 7.62. The number of nitrogens with one attached hydrogen (secondary N) is 2. The first-order chi connectivity index (χ1) is 14.5. The van der Waals surface area contributed by atoms with E-state index in [2.05, 4.69) is 20.3 Å². The van der Waals surface area contributed by atoms with Gasteiger partial charge in [0, 0.05) is 12.7 Å². The molecule has 0 aliphatic carbocycles. The van der Waals surface area contributed by atoms with Gasteiger partial charge in [-0.1, -0.05) is 12.1 Å². The summed E-state index contributed by atoms with van der Waals surface area (Å²) >= 11 is 0. The minimum Gasteiger partial charge on any atom is -0.462 e. The third-order valence-electron chi connectivity index (χ3n) is 4.27. The van der Waals surface area contributed by atoms with E-state index in [0.717, 1.165) is 5.56 Å². The fraction of sp³-hybridized carbons (Fsp3) is 0.350. The number of nitrogens with zero attached hydrogens (tertiary/aromatic N) is 2. The molecule has 160 valence electrons. The van der Waals surface area contributed by atoms with Crippen LogP contribution in [-0.2, 0) is 24.9 Å². The first-order valence-corrected chi connectivity index (χ1v) is 11.3. The number of esters is 1. The van der Waals surface area contributed by atoms with Crippen molar-refractivity contribution in [1.82, 2.24) is 15.0 Å². The van der Waals surface area contributed by atoms with Crippen LogP contribution in [0.1, 0.15) is 36.7 Å². The number of hydrogen-bond acceptors (Lipinski definition) is 8. The number of ether oxygens (including phenoxy) is 1. The fourth-order valence-corrected chi connectivity index (χ4v) is 4.51. The monoisotopic (exact) mass is 432 g/mol. The molecule has 2 heterocycles. The highest BCUT2D eigenvalue weighted by Gasteiger charge is 2.26. The fourth-order valence-electron chi connectivity index (χ4n) is 2.95. The number of aromatic nitrogens is 3. The molecule has 0 saturated carbocycles. The van der Waals surface area contributed by atoms with Crippen molar-refractivity contribution >= 4 is 35.7 Å². The predicted octanol–water partition coefficient (Wildman–Crippen LogP) is 3.64. The molecule has 3 aromatic rings. The van der Waals surface area contributed by atoms with Crippen molar-refractivity contribution in [2.45, 2.75) is 27.3 Å². The summed E-state index contributed by atoms with van der Waals surface area (Å²) in [6, 6.07) is 7.19. The molecule has 0 unspecified atom stereocenters. The van der Waals surface area contributed by atoms with Crippen molar-refractivity contribution < 1.29 is 23.1 Å². The van der Waals surface area contributed by atoms with Gasteiger partial charge in [-0.2, -0.15) is 0 Å². The number of rotatable bonds is 10. The van der Waals surface area contributed by atoms with Crippen LogP contribution >= 0.6 is 7.60 Å². The van der Waals surface area contributed by atoms with E-state index in [-0.39, 0.29) is 6.61 Å². The lowest BCUT2D eigenvalue weighted by Gasteiger charge is -2.17. The first-order valence-electron chi connectivity index (χ1n) is 9.74. The van der Waals surface area contributed by atoms with Crippen LogP contribution in [0.25, 0.3) is 11.0 Å². The van der Waals surface area contributed by atoms with Crippen LogP contribution < -0.4 is 10.6 Å². The third-order valence-corrected chi connectivity index (χ3v) is 6.40. The molecule has 0 fully saturated rings. The Hall–Kier alpha value is -2.74. The molecule has 30 heavy (non-hydrogen) atoms. The maximum absolute atomic E-state index is 12.8. The summed E-state index contributed by atoms with van der Waals surface area (Å²) < 4.78 is 28.6. The number of hydrogen-bond donors (Lipinski definition) is 2. The van der Waals surface area contributed by atoms with Crippen LogP contribution in [-0.4, -0.2) is 40.7 Å². The van der Waals surface area contributed by atoms with Crippen molar-refractivity contribution in [2.75, 3.05) is 25.1 Å². The lowest BCUT2D eigenvalue weighted by Crippen LogP contribution is -2.11. The lowest BCUT2D eigenvalue weighted by atomic mass is 10.2. The molecule has 0 aliphatic rings. The average molecular weight is 432 g/mol. The van der Waals surface area contributed by atoms with Crippen molar-refractivity contribution in [2.24, 2.45) is 0 Å².